The molecule has 1 aromatic carbocycles. The molecule has 4 heteroatoms. The SMILES string of the molecule is O=C1OCc2cc(OCC3CCCN3)ccc21. The highest BCUT2D eigenvalue weighted by atomic mass is 16.5. The molecule has 0 aliphatic carbocycles. The lowest BCUT2D eigenvalue weighted by molar-refractivity contribution is 0.0535. The summed E-state index contributed by atoms with van der Waals surface area (Å²) in [6.07, 6.45) is 2.40. The maximum atomic E-state index is 11.3. The Bertz CT molecular complexity index is 438. The molecule has 1 atom stereocenters. The summed E-state index contributed by atoms with van der Waals surface area (Å²) in [5.74, 6) is 0.583. The minimum Gasteiger partial charge on any atom is -0.492 e. The lowest BCUT2D eigenvalue weighted by Gasteiger charge is -2.12. The Morgan fingerprint density at radius 1 is 1.47 bits per heavy atom. The van der Waals surface area contributed by atoms with E-state index in [0.717, 1.165) is 17.9 Å². The molecular weight excluding hydrogens is 218 g/mol. The number of rotatable bonds is 3. The average molecular weight is 233 g/mol. The molecule has 2 aliphatic heterocycles. The van der Waals surface area contributed by atoms with Crippen molar-refractivity contribution < 1.29 is 14.3 Å². The van der Waals surface area contributed by atoms with E-state index >= 15 is 0 Å². The second kappa shape index (κ2) is 4.37. The van der Waals surface area contributed by atoms with E-state index in [9.17, 15) is 4.79 Å². The smallest absolute Gasteiger partial charge is 0.338 e. The lowest BCUT2D eigenvalue weighted by atomic mass is 10.1. The summed E-state index contributed by atoms with van der Waals surface area (Å²) in [6, 6.07) is 5.97. The molecule has 90 valence electrons. The molecule has 1 saturated heterocycles. The molecule has 4 nitrogen and oxygen atoms in total. The Kier molecular flexibility index (Phi) is 2.73. The van der Waals surface area contributed by atoms with Crippen LogP contribution in [-0.2, 0) is 11.3 Å². The minimum atomic E-state index is -0.232. The molecule has 1 aromatic rings. The van der Waals surface area contributed by atoms with Crippen molar-refractivity contribution in [2.75, 3.05) is 13.2 Å². The number of cyclic esters (lactones) is 1. The Morgan fingerprint density at radius 2 is 2.41 bits per heavy atom. The van der Waals surface area contributed by atoms with Crippen molar-refractivity contribution in [1.29, 1.82) is 0 Å². The van der Waals surface area contributed by atoms with Gasteiger partial charge in [0.1, 0.15) is 19.0 Å². The van der Waals surface area contributed by atoms with E-state index in [-0.39, 0.29) is 5.97 Å². The van der Waals surface area contributed by atoms with Gasteiger partial charge in [0.25, 0.3) is 0 Å². The summed E-state index contributed by atoms with van der Waals surface area (Å²) in [6.45, 7) is 2.14. The van der Waals surface area contributed by atoms with Gasteiger partial charge in [0, 0.05) is 11.6 Å². The van der Waals surface area contributed by atoms with Crippen molar-refractivity contribution >= 4 is 5.97 Å². The van der Waals surface area contributed by atoms with E-state index in [4.69, 9.17) is 9.47 Å². The third kappa shape index (κ3) is 2.13. The van der Waals surface area contributed by atoms with Crippen molar-refractivity contribution in [3.05, 3.63) is 29.3 Å². The summed E-state index contributed by atoms with van der Waals surface area (Å²) in [5.41, 5.74) is 1.59. The molecule has 2 heterocycles. The third-order valence-electron chi connectivity index (χ3n) is 3.27. The first-order valence-corrected chi connectivity index (χ1v) is 5.99. The van der Waals surface area contributed by atoms with Crippen molar-refractivity contribution in [3.8, 4) is 5.75 Å². The predicted molar refractivity (Wildman–Crippen MR) is 62.1 cm³/mol. The zero-order chi connectivity index (χ0) is 11.7. The van der Waals surface area contributed by atoms with Crippen LogP contribution in [0.3, 0.4) is 0 Å². The van der Waals surface area contributed by atoms with Crippen LogP contribution in [0.4, 0.5) is 0 Å². The zero-order valence-corrected chi connectivity index (χ0v) is 9.57. The Hall–Kier alpha value is -1.55. The van der Waals surface area contributed by atoms with Crippen molar-refractivity contribution in [2.24, 2.45) is 0 Å². The Morgan fingerprint density at radius 3 is 3.24 bits per heavy atom. The van der Waals surface area contributed by atoms with Gasteiger partial charge in [0.2, 0.25) is 0 Å². The highest BCUT2D eigenvalue weighted by Crippen LogP contribution is 2.24. The van der Waals surface area contributed by atoms with E-state index in [1.54, 1.807) is 6.07 Å². The summed E-state index contributed by atoms with van der Waals surface area (Å²) in [5, 5.41) is 3.38. The molecule has 1 N–H and O–H groups in total. The Balaban J connectivity index is 1.66. The molecule has 0 saturated carbocycles. The number of hydrogen-bond acceptors (Lipinski definition) is 4. The van der Waals surface area contributed by atoms with Crippen molar-refractivity contribution in [2.45, 2.75) is 25.5 Å². The molecule has 0 spiro atoms. The van der Waals surface area contributed by atoms with Gasteiger partial charge < -0.3 is 14.8 Å². The Labute approximate surface area is 99.9 Å². The number of fused-ring (bicyclic) bond motifs is 1. The lowest BCUT2D eigenvalue weighted by Crippen LogP contribution is -2.28. The average Bonchev–Trinajstić information content (AvgIpc) is 2.97. The monoisotopic (exact) mass is 233 g/mol. The number of benzene rings is 1. The van der Waals surface area contributed by atoms with Gasteiger partial charge in [-0.25, -0.2) is 4.79 Å². The molecule has 0 aromatic heterocycles. The molecule has 17 heavy (non-hydrogen) atoms. The van der Waals surface area contributed by atoms with Gasteiger partial charge in [-0.05, 0) is 37.6 Å². The molecule has 0 bridgehead atoms. The number of carbonyl (C=O) groups is 1. The predicted octanol–water partition coefficient (Wildman–Crippen LogP) is 1.49. The van der Waals surface area contributed by atoms with Gasteiger partial charge in [0.15, 0.2) is 0 Å². The van der Waals surface area contributed by atoms with Crippen LogP contribution in [-0.4, -0.2) is 25.2 Å². The highest BCUT2D eigenvalue weighted by Gasteiger charge is 2.21. The first-order chi connectivity index (χ1) is 8.33. The maximum Gasteiger partial charge on any atom is 0.338 e. The van der Waals surface area contributed by atoms with E-state index in [1.165, 1.54) is 12.8 Å². The van der Waals surface area contributed by atoms with Crippen LogP contribution >= 0.6 is 0 Å². The summed E-state index contributed by atoms with van der Waals surface area (Å²) in [7, 11) is 0. The second-order valence-corrected chi connectivity index (χ2v) is 4.50. The van der Waals surface area contributed by atoms with Gasteiger partial charge >= 0.3 is 5.97 Å². The first-order valence-electron chi connectivity index (χ1n) is 5.99. The van der Waals surface area contributed by atoms with E-state index in [1.807, 2.05) is 12.1 Å². The van der Waals surface area contributed by atoms with Crippen LogP contribution in [0.15, 0.2) is 18.2 Å². The third-order valence-corrected chi connectivity index (χ3v) is 3.27. The molecule has 1 unspecified atom stereocenters. The fourth-order valence-electron chi connectivity index (χ4n) is 2.30. The second-order valence-electron chi connectivity index (χ2n) is 4.50. The van der Waals surface area contributed by atoms with Crippen molar-refractivity contribution in [1.82, 2.24) is 5.32 Å². The normalized spacial score (nSPS) is 22.4. The summed E-state index contributed by atoms with van der Waals surface area (Å²) >= 11 is 0. The summed E-state index contributed by atoms with van der Waals surface area (Å²) < 4.78 is 10.7. The van der Waals surface area contributed by atoms with Crippen LogP contribution in [0, 0.1) is 0 Å². The molecular formula is C13H15NO3. The fourth-order valence-corrected chi connectivity index (χ4v) is 2.30. The minimum absolute atomic E-state index is 0.232. The standard InChI is InChI=1S/C13H15NO3/c15-13-12-4-3-11(6-9(12)7-17-13)16-8-10-2-1-5-14-10/h3-4,6,10,14H,1-2,5,7-8H2. The van der Waals surface area contributed by atoms with E-state index < -0.39 is 0 Å². The van der Waals surface area contributed by atoms with E-state index in [0.29, 0.717) is 24.8 Å². The largest absolute Gasteiger partial charge is 0.492 e. The van der Waals surface area contributed by atoms with Gasteiger partial charge in [-0.3, -0.25) is 0 Å². The molecule has 3 rings (SSSR count). The van der Waals surface area contributed by atoms with Crippen molar-refractivity contribution in [3.63, 3.8) is 0 Å². The van der Waals surface area contributed by atoms with Gasteiger partial charge in [-0.15, -0.1) is 0 Å². The molecule has 2 aliphatic rings. The van der Waals surface area contributed by atoms with Crippen LogP contribution in [0.2, 0.25) is 0 Å². The van der Waals surface area contributed by atoms with Gasteiger partial charge in [-0.2, -0.15) is 0 Å². The topological polar surface area (TPSA) is 47.6 Å². The van der Waals surface area contributed by atoms with Crippen LogP contribution in [0.1, 0.15) is 28.8 Å². The number of nitrogens with one attached hydrogen (secondary N) is 1. The van der Waals surface area contributed by atoms with Crippen LogP contribution < -0.4 is 10.1 Å². The molecule has 0 radical (unpaired) electrons. The number of carbonyl (C=O) groups excluding carboxylic acids is 1. The number of hydrogen-bond donors (Lipinski definition) is 1. The van der Waals surface area contributed by atoms with Gasteiger partial charge in [0.05, 0.1) is 5.56 Å². The highest BCUT2D eigenvalue weighted by molar-refractivity contribution is 5.93. The van der Waals surface area contributed by atoms with Crippen LogP contribution in [0.5, 0.6) is 5.75 Å². The summed E-state index contributed by atoms with van der Waals surface area (Å²) in [4.78, 5) is 11.3. The fraction of sp³-hybridized carbons (Fsp3) is 0.462. The van der Waals surface area contributed by atoms with Crippen LogP contribution in [0.25, 0.3) is 0 Å². The zero-order valence-electron chi connectivity index (χ0n) is 9.57. The first kappa shape index (κ1) is 10.6. The molecule has 1 fully saturated rings. The quantitative estimate of drug-likeness (QED) is 0.803. The number of esters is 1. The number of ether oxygens (including phenoxy) is 2. The van der Waals surface area contributed by atoms with E-state index in [2.05, 4.69) is 5.32 Å². The maximum absolute atomic E-state index is 11.3. The van der Waals surface area contributed by atoms with Gasteiger partial charge in [-0.1, -0.05) is 0 Å². The molecule has 0 amide bonds.